The van der Waals surface area contributed by atoms with Gasteiger partial charge in [-0.05, 0) is 20.8 Å². The molecule has 0 unspecified atom stereocenters. The summed E-state index contributed by atoms with van der Waals surface area (Å²) in [4.78, 5) is 14.3. The molecule has 0 atom stereocenters. The van der Waals surface area contributed by atoms with Crippen LogP contribution in [0.2, 0.25) is 5.02 Å². The maximum atomic E-state index is 12.7. The van der Waals surface area contributed by atoms with Crippen molar-refractivity contribution >= 4 is 17.5 Å². The normalized spacial score (nSPS) is 11.0. The third-order valence-electron chi connectivity index (χ3n) is 3.64. The number of amides is 1. The Bertz CT molecular complexity index is 654. The molecule has 0 bridgehead atoms. The molecule has 0 saturated heterocycles. The predicted molar refractivity (Wildman–Crippen MR) is 81.4 cm³/mol. The van der Waals surface area contributed by atoms with Crippen LogP contribution < -0.4 is 0 Å². The minimum absolute atomic E-state index is 0.0537. The van der Waals surface area contributed by atoms with Gasteiger partial charge < -0.3 is 4.90 Å². The second-order valence-corrected chi connectivity index (χ2v) is 5.49. The second kappa shape index (κ2) is 5.89. The Labute approximate surface area is 129 Å². The summed E-state index contributed by atoms with van der Waals surface area (Å²) in [6.45, 7) is 6.94. The highest BCUT2D eigenvalue weighted by molar-refractivity contribution is 6.31. The van der Waals surface area contributed by atoms with Crippen molar-refractivity contribution < 1.29 is 4.79 Å². The van der Waals surface area contributed by atoms with Crippen molar-refractivity contribution in [1.29, 1.82) is 0 Å². The lowest BCUT2D eigenvalue weighted by Crippen LogP contribution is -2.28. The van der Waals surface area contributed by atoms with Crippen LogP contribution in [0.25, 0.3) is 0 Å². The van der Waals surface area contributed by atoms with Crippen LogP contribution in [0.4, 0.5) is 0 Å². The van der Waals surface area contributed by atoms with Crippen molar-refractivity contribution in [1.82, 2.24) is 24.5 Å². The Hall–Kier alpha value is -1.82. The van der Waals surface area contributed by atoms with Crippen LogP contribution in [0.1, 0.15) is 34.4 Å². The van der Waals surface area contributed by atoms with Crippen LogP contribution >= 0.6 is 11.6 Å². The van der Waals surface area contributed by atoms with E-state index in [1.165, 1.54) is 0 Å². The zero-order chi connectivity index (χ0) is 15.7. The smallest absolute Gasteiger partial charge is 0.257 e. The molecule has 0 N–H and O–H groups in total. The quantitative estimate of drug-likeness (QED) is 0.870. The van der Waals surface area contributed by atoms with Gasteiger partial charge in [-0.25, -0.2) is 0 Å². The van der Waals surface area contributed by atoms with E-state index in [2.05, 4.69) is 10.2 Å². The minimum Gasteiger partial charge on any atom is -0.336 e. The molecular formula is C14H20ClN5O. The molecule has 2 aromatic heterocycles. The summed E-state index contributed by atoms with van der Waals surface area (Å²) >= 11 is 6.09. The first-order chi connectivity index (χ1) is 9.86. The molecular weight excluding hydrogens is 290 g/mol. The molecule has 0 fully saturated rings. The number of aromatic nitrogens is 4. The monoisotopic (exact) mass is 309 g/mol. The van der Waals surface area contributed by atoms with Crippen LogP contribution in [0.5, 0.6) is 0 Å². The summed E-state index contributed by atoms with van der Waals surface area (Å²) in [5.74, 6) is -0.0537. The second-order valence-electron chi connectivity index (χ2n) is 5.09. The maximum Gasteiger partial charge on any atom is 0.257 e. The van der Waals surface area contributed by atoms with Gasteiger partial charge in [0.1, 0.15) is 0 Å². The summed E-state index contributed by atoms with van der Waals surface area (Å²) < 4.78 is 3.52. The first-order valence-corrected chi connectivity index (χ1v) is 7.20. The summed E-state index contributed by atoms with van der Waals surface area (Å²) in [6.07, 6.45) is 1.58. The lowest BCUT2D eigenvalue weighted by Gasteiger charge is -2.18. The first kappa shape index (κ1) is 15.6. The zero-order valence-electron chi connectivity index (χ0n) is 13.0. The largest absolute Gasteiger partial charge is 0.336 e. The number of carbonyl (C=O) groups excluding carboxylic acids is 1. The Morgan fingerprint density at radius 1 is 1.43 bits per heavy atom. The van der Waals surface area contributed by atoms with E-state index in [1.54, 1.807) is 22.8 Å². The highest BCUT2D eigenvalue weighted by atomic mass is 35.5. The third-order valence-corrected chi connectivity index (χ3v) is 3.95. The average molecular weight is 310 g/mol. The Morgan fingerprint density at radius 2 is 2.10 bits per heavy atom. The van der Waals surface area contributed by atoms with E-state index < -0.39 is 0 Å². The van der Waals surface area contributed by atoms with Crippen molar-refractivity contribution in [3.63, 3.8) is 0 Å². The van der Waals surface area contributed by atoms with Crippen LogP contribution in [-0.4, -0.2) is 37.4 Å². The van der Waals surface area contributed by atoms with Gasteiger partial charge in [-0.1, -0.05) is 11.6 Å². The van der Waals surface area contributed by atoms with Gasteiger partial charge in [0.15, 0.2) is 0 Å². The van der Waals surface area contributed by atoms with E-state index >= 15 is 0 Å². The molecule has 0 aliphatic heterocycles. The van der Waals surface area contributed by atoms with E-state index in [0.717, 1.165) is 23.6 Å². The molecule has 2 aromatic rings. The molecule has 1 amide bonds. The number of carbonyl (C=O) groups is 1. The van der Waals surface area contributed by atoms with Crippen molar-refractivity contribution in [2.45, 2.75) is 33.9 Å². The first-order valence-electron chi connectivity index (χ1n) is 6.82. The Kier molecular flexibility index (Phi) is 4.37. The number of aryl methyl sites for hydroxylation is 3. The number of halogens is 1. The molecule has 0 saturated carbocycles. The van der Waals surface area contributed by atoms with Gasteiger partial charge >= 0.3 is 0 Å². The SMILES string of the molecule is CCn1nc(C)c(C(=O)N(C)Cc2c(Cl)cnn2C)c1C. The Balaban J connectivity index is 2.26. The van der Waals surface area contributed by atoms with Gasteiger partial charge in [0.05, 0.1) is 34.7 Å². The molecule has 21 heavy (non-hydrogen) atoms. The van der Waals surface area contributed by atoms with E-state index in [4.69, 9.17) is 11.6 Å². The van der Waals surface area contributed by atoms with E-state index in [-0.39, 0.29) is 5.91 Å². The van der Waals surface area contributed by atoms with Crippen LogP contribution in [0.15, 0.2) is 6.20 Å². The predicted octanol–water partition coefficient (Wildman–Crippen LogP) is 2.18. The van der Waals surface area contributed by atoms with Gasteiger partial charge in [0.25, 0.3) is 5.91 Å². The summed E-state index contributed by atoms with van der Waals surface area (Å²) in [5.41, 5.74) is 3.12. The van der Waals surface area contributed by atoms with Crippen molar-refractivity contribution in [2.75, 3.05) is 7.05 Å². The third kappa shape index (κ3) is 2.81. The zero-order valence-corrected chi connectivity index (χ0v) is 13.8. The average Bonchev–Trinajstić information content (AvgIpc) is 2.91. The lowest BCUT2D eigenvalue weighted by molar-refractivity contribution is 0.0780. The highest BCUT2D eigenvalue weighted by Crippen LogP contribution is 2.19. The Morgan fingerprint density at radius 3 is 2.57 bits per heavy atom. The fourth-order valence-corrected chi connectivity index (χ4v) is 2.64. The van der Waals surface area contributed by atoms with E-state index in [1.807, 2.05) is 32.5 Å². The fourth-order valence-electron chi connectivity index (χ4n) is 2.42. The van der Waals surface area contributed by atoms with E-state index in [0.29, 0.717) is 17.1 Å². The van der Waals surface area contributed by atoms with Crippen molar-refractivity contribution in [3.05, 3.63) is 33.9 Å². The van der Waals surface area contributed by atoms with E-state index in [9.17, 15) is 4.79 Å². The summed E-state index contributed by atoms with van der Waals surface area (Å²) in [6, 6.07) is 0. The molecule has 7 heteroatoms. The molecule has 2 heterocycles. The van der Waals surface area contributed by atoms with Crippen LogP contribution in [0, 0.1) is 13.8 Å². The summed E-state index contributed by atoms with van der Waals surface area (Å²) in [7, 11) is 3.57. The standard InChI is InChI=1S/C14H20ClN5O/c1-6-20-10(3)13(9(2)17-20)14(21)18(4)8-12-11(15)7-16-19(12)5/h7H,6,8H2,1-5H3. The molecule has 114 valence electrons. The lowest BCUT2D eigenvalue weighted by atomic mass is 10.1. The van der Waals surface area contributed by atoms with Crippen molar-refractivity contribution in [2.24, 2.45) is 7.05 Å². The number of nitrogens with zero attached hydrogens (tertiary/aromatic N) is 5. The fraction of sp³-hybridized carbons (Fsp3) is 0.500. The molecule has 0 aliphatic carbocycles. The minimum atomic E-state index is -0.0537. The number of hydrogen-bond donors (Lipinski definition) is 0. The van der Waals surface area contributed by atoms with Gasteiger partial charge in [0.2, 0.25) is 0 Å². The molecule has 0 spiro atoms. The summed E-state index contributed by atoms with van der Waals surface area (Å²) in [5, 5.41) is 9.04. The van der Waals surface area contributed by atoms with Gasteiger partial charge in [-0.15, -0.1) is 0 Å². The molecule has 0 radical (unpaired) electrons. The van der Waals surface area contributed by atoms with Crippen LogP contribution in [-0.2, 0) is 20.1 Å². The van der Waals surface area contributed by atoms with Gasteiger partial charge in [0, 0.05) is 26.3 Å². The van der Waals surface area contributed by atoms with Crippen LogP contribution in [0.3, 0.4) is 0 Å². The van der Waals surface area contributed by atoms with Crippen molar-refractivity contribution in [3.8, 4) is 0 Å². The number of hydrogen-bond acceptors (Lipinski definition) is 3. The maximum absolute atomic E-state index is 12.7. The van der Waals surface area contributed by atoms with Gasteiger partial charge in [-0.3, -0.25) is 14.2 Å². The van der Waals surface area contributed by atoms with Gasteiger partial charge in [-0.2, -0.15) is 10.2 Å². The topological polar surface area (TPSA) is 56.0 Å². The molecule has 0 aliphatic rings. The molecule has 0 aromatic carbocycles. The highest BCUT2D eigenvalue weighted by Gasteiger charge is 2.22. The molecule has 6 nitrogen and oxygen atoms in total. The molecule has 2 rings (SSSR count). The number of rotatable bonds is 4.